The molecule has 6 nitrogen and oxygen atoms in total. The number of carbonyl (C=O) groups is 1. The number of nitriles is 1. The van der Waals surface area contributed by atoms with Gasteiger partial charge in [-0.2, -0.15) is 5.26 Å². The van der Waals surface area contributed by atoms with Crippen LogP contribution in [0.1, 0.15) is 0 Å². The summed E-state index contributed by atoms with van der Waals surface area (Å²) in [7, 11) is 1.60. The summed E-state index contributed by atoms with van der Waals surface area (Å²) in [5.74, 6) is 0.483. The second-order valence-corrected chi connectivity index (χ2v) is 5.59. The highest BCUT2D eigenvalue weighted by atomic mass is 32.2. The van der Waals surface area contributed by atoms with Gasteiger partial charge in [0.2, 0.25) is 0 Å². The Morgan fingerprint density at radius 3 is 2.52 bits per heavy atom. The van der Waals surface area contributed by atoms with Crippen molar-refractivity contribution < 1.29 is 14.3 Å². The van der Waals surface area contributed by atoms with E-state index in [-0.39, 0.29) is 11.5 Å². The molecule has 23 heavy (non-hydrogen) atoms. The van der Waals surface area contributed by atoms with Crippen molar-refractivity contribution in [2.75, 3.05) is 45.0 Å². The molecule has 0 spiro atoms. The third-order valence-electron chi connectivity index (χ3n) is 3.40. The molecule has 1 aromatic carbocycles. The van der Waals surface area contributed by atoms with E-state index in [4.69, 9.17) is 9.47 Å². The lowest BCUT2D eigenvalue weighted by atomic mass is 10.2. The number of rotatable bonds is 5. The average molecular weight is 333 g/mol. The van der Waals surface area contributed by atoms with Crippen molar-refractivity contribution in [3.63, 3.8) is 0 Å². The number of hydrogen-bond donors (Lipinski definition) is 1. The number of carbonyl (C=O) groups excluding carboxylic acids is 1. The molecule has 1 aliphatic heterocycles. The van der Waals surface area contributed by atoms with Crippen LogP contribution in [0, 0.1) is 11.3 Å². The van der Waals surface area contributed by atoms with E-state index in [2.05, 4.69) is 5.32 Å². The minimum atomic E-state index is -0.263. The molecule has 0 aliphatic carbocycles. The molecule has 0 atom stereocenters. The van der Waals surface area contributed by atoms with E-state index in [9.17, 15) is 10.1 Å². The molecule has 2 rings (SSSR count). The largest absolute Gasteiger partial charge is 0.497 e. The molecule has 1 heterocycles. The molecule has 0 saturated carbocycles. The van der Waals surface area contributed by atoms with Gasteiger partial charge in [0.15, 0.2) is 0 Å². The molecular formula is C16H19N3O3S. The van der Waals surface area contributed by atoms with Crippen LogP contribution in [0.5, 0.6) is 5.75 Å². The van der Waals surface area contributed by atoms with Gasteiger partial charge in [0.25, 0.3) is 5.91 Å². The molecule has 0 bridgehead atoms. The number of thioether (sulfide) groups is 1. The van der Waals surface area contributed by atoms with Gasteiger partial charge in [-0.3, -0.25) is 4.79 Å². The highest BCUT2D eigenvalue weighted by molar-refractivity contribution is 8.02. The predicted molar refractivity (Wildman–Crippen MR) is 90.2 cm³/mol. The normalized spacial score (nSPS) is 15.4. The summed E-state index contributed by atoms with van der Waals surface area (Å²) in [5, 5.41) is 13.1. The minimum absolute atomic E-state index is 0.121. The zero-order valence-corrected chi connectivity index (χ0v) is 14.0. The molecule has 1 N–H and O–H groups in total. The van der Waals surface area contributed by atoms with E-state index >= 15 is 0 Å². The van der Waals surface area contributed by atoms with Crippen LogP contribution in [0.2, 0.25) is 0 Å². The Bertz CT molecular complexity index is 616. The van der Waals surface area contributed by atoms with Crippen LogP contribution in [0.15, 0.2) is 34.9 Å². The molecule has 1 amide bonds. The summed E-state index contributed by atoms with van der Waals surface area (Å²) in [4.78, 5) is 14.2. The quantitative estimate of drug-likeness (QED) is 0.657. The number of ether oxygens (including phenoxy) is 2. The van der Waals surface area contributed by atoms with Crippen molar-refractivity contribution in [2.45, 2.75) is 0 Å². The van der Waals surface area contributed by atoms with E-state index < -0.39 is 0 Å². The summed E-state index contributed by atoms with van der Waals surface area (Å²) < 4.78 is 10.4. The van der Waals surface area contributed by atoms with Crippen molar-refractivity contribution in [3.8, 4) is 11.8 Å². The first kappa shape index (κ1) is 17.2. The van der Waals surface area contributed by atoms with Crippen LogP contribution >= 0.6 is 11.8 Å². The highest BCUT2D eigenvalue weighted by Crippen LogP contribution is 2.23. The van der Waals surface area contributed by atoms with Crippen molar-refractivity contribution in [1.29, 1.82) is 5.26 Å². The van der Waals surface area contributed by atoms with E-state index in [1.165, 1.54) is 11.8 Å². The maximum absolute atomic E-state index is 12.5. The second-order valence-electron chi connectivity index (χ2n) is 4.78. The number of benzene rings is 1. The number of morpholine rings is 1. The zero-order chi connectivity index (χ0) is 16.7. The predicted octanol–water partition coefficient (Wildman–Crippen LogP) is 2.06. The molecule has 0 radical (unpaired) electrons. The first-order valence-electron chi connectivity index (χ1n) is 7.16. The van der Waals surface area contributed by atoms with Crippen LogP contribution in [0.3, 0.4) is 0 Å². The SMILES string of the molecule is COc1ccc(NC(SC)=C(C#N)C(=O)N2CCOCC2)cc1. The molecule has 1 fully saturated rings. The lowest BCUT2D eigenvalue weighted by Crippen LogP contribution is -2.41. The zero-order valence-electron chi connectivity index (χ0n) is 13.2. The molecule has 7 heteroatoms. The van der Waals surface area contributed by atoms with Crippen LogP contribution in [0.25, 0.3) is 0 Å². The Kier molecular flexibility index (Phi) is 6.32. The standard InChI is InChI=1S/C16H19N3O3S/c1-21-13-5-3-12(4-6-13)18-15(23-2)14(11-17)16(20)19-7-9-22-10-8-19/h3-6,18H,7-10H2,1-2H3. The number of methoxy groups -OCH3 is 1. The third kappa shape index (κ3) is 4.41. The van der Waals surface area contributed by atoms with Gasteiger partial charge in [-0.15, -0.1) is 11.8 Å². The number of hydrogen-bond acceptors (Lipinski definition) is 6. The summed E-state index contributed by atoms with van der Waals surface area (Å²) in [6.45, 7) is 2.03. The summed E-state index contributed by atoms with van der Waals surface area (Å²) in [5.41, 5.74) is 0.910. The third-order valence-corrected chi connectivity index (χ3v) is 4.12. The molecular weight excluding hydrogens is 314 g/mol. The van der Waals surface area contributed by atoms with Gasteiger partial charge in [-0.05, 0) is 30.5 Å². The summed E-state index contributed by atoms with van der Waals surface area (Å²) >= 11 is 1.34. The van der Waals surface area contributed by atoms with Gasteiger partial charge < -0.3 is 19.7 Å². The van der Waals surface area contributed by atoms with E-state index in [1.807, 2.05) is 36.6 Å². The number of anilines is 1. The van der Waals surface area contributed by atoms with Gasteiger partial charge in [0, 0.05) is 18.8 Å². The lowest BCUT2D eigenvalue weighted by Gasteiger charge is -2.27. The van der Waals surface area contributed by atoms with Crippen molar-refractivity contribution >= 4 is 23.4 Å². The summed E-state index contributed by atoms with van der Waals surface area (Å²) in [6.07, 6.45) is 1.83. The Balaban J connectivity index is 2.20. The van der Waals surface area contributed by atoms with Crippen LogP contribution in [0.4, 0.5) is 5.69 Å². The Morgan fingerprint density at radius 2 is 2.00 bits per heavy atom. The Hall–Kier alpha value is -2.17. The monoisotopic (exact) mass is 333 g/mol. The molecule has 122 valence electrons. The van der Waals surface area contributed by atoms with Gasteiger partial charge >= 0.3 is 0 Å². The molecule has 0 unspecified atom stereocenters. The minimum Gasteiger partial charge on any atom is -0.497 e. The highest BCUT2D eigenvalue weighted by Gasteiger charge is 2.23. The molecule has 1 saturated heterocycles. The Morgan fingerprint density at radius 1 is 1.35 bits per heavy atom. The Labute approximate surface area is 140 Å². The number of nitrogens with one attached hydrogen (secondary N) is 1. The maximum Gasteiger partial charge on any atom is 0.267 e. The van der Waals surface area contributed by atoms with Crippen molar-refractivity contribution in [2.24, 2.45) is 0 Å². The average Bonchev–Trinajstić information content (AvgIpc) is 2.62. The smallest absolute Gasteiger partial charge is 0.267 e. The molecule has 0 aromatic heterocycles. The van der Waals surface area contributed by atoms with E-state index in [1.54, 1.807) is 12.0 Å². The van der Waals surface area contributed by atoms with Crippen LogP contribution in [-0.2, 0) is 9.53 Å². The van der Waals surface area contributed by atoms with Gasteiger partial charge in [-0.25, -0.2) is 0 Å². The second kappa shape index (κ2) is 8.46. The van der Waals surface area contributed by atoms with Crippen molar-refractivity contribution in [1.82, 2.24) is 4.90 Å². The fourth-order valence-corrected chi connectivity index (χ4v) is 2.70. The summed E-state index contributed by atoms with van der Waals surface area (Å²) in [6, 6.07) is 9.34. The van der Waals surface area contributed by atoms with Crippen molar-refractivity contribution in [3.05, 3.63) is 34.9 Å². The van der Waals surface area contributed by atoms with Gasteiger partial charge in [0.05, 0.1) is 25.4 Å². The molecule has 1 aliphatic rings. The first-order valence-corrected chi connectivity index (χ1v) is 8.38. The van der Waals surface area contributed by atoms with E-state index in [0.29, 0.717) is 31.3 Å². The van der Waals surface area contributed by atoms with Crippen LogP contribution < -0.4 is 10.1 Å². The first-order chi connectivity index (χ1) is 11.2. The maximum atomic E-state index is 12.5. The number of nitrogens with zero attached hydrogens (tertiary/aromatic N) is 2. The van der Waals surface area contributed by atoms with E-state index in [0.717, 1.165) is 11.4 Å². The van der Waals surface area contributed by atoms with Crippen LogP contribution in [-0.4, -0.2) is 50.5 Å². The topological polar surface area (TPSA) is 74.6 Å². The lowest BCUT2D eigenvalue weighted by molar-refractivity contribution is -0.130. The fourth-order valence-electron chi connectivity index (χ4n) is 2.14. The number of amides is 1. The van der Waals surface area contributed by atoms with Gasteiger partial charge in [0.1, 0.15) is 17.4 Å². The molecule has 1 aromatic rings. The fraction of sp³-hybridized carbons (Fsp3) is 0.375. The van der Waals surface area contributed by atoms with Gasteiger partial charge in [-0.1, -0.05) is 0 Å².